The number of ether oxygens (including phenoxy) is 1. The molecule has 0 spiro atoms. The smallest absolute Gasteiger partial charge is 0.382 e. The lowest BCUT2D eigenvalue weighted by molar-refractivity contribution is -0.150. The van der Waals surface area contributed by atoms with Gasteiger partial charge in [0.05, 0.1) is 25.7 Å². The van der Waals surface area contributed by atoms with E-state index in [0.717, 1.165) is 0 Å². The molecule has 1 unspecified atom stereocenters. The molecule has 0 heterocycles. The van der Waals surface area contributed by atoms with Gasteiger partial charge in [-0.25, -0.2) is 0 Å². The molecule has 1 rings (SSSR count). The zero-order valence-electron chi connectivity index (χ0n) is 10.0. The Morgan fingerprint density at radius 3 is 2.39 bits per heavy atom. The van der Waals surface area contributed by atoms with Crippen LogP contribution in [0.25, 0.3) is 0 Å². The standard InChI is InChI=1S/C12H16F3NO2/c1-17-7-8-18-16-11(9-12(13,14)15)10-5-3-2-4-6-10/h2-6,11,16H,7-9H2,1H3. The second-order valence-electron chi connectivity index (χ2n) is 3.74. The van der Waals surface area contributed by atoms with E-state index in [-0.39, 0.29) is 6.61 Å². The summed E-state index contributed by atoms with van der Waals surface area (Å²) in [7, 11) is 1.49. The molecule has 0 aliphatic heterocycles. The summed E-state index contributed by atoms with van der Waals surface area (Å²) in [5.74, 6) is 0. The van der Waals surface area contributed by atoms with Crippen molar-refractivity contribution in [3.8, 4) is 0 Å². The third-order valence-electron chi connectivity index (χ3n) is 2.25. The van der Waals surface area contributed by atoms with E-state index in [2.05, 4.69) is 5.48 Å². The van der Waals surface area contributed by atoms with Crippen LogP contribution in [0, 0.1) is 0 Å². The monoisotopic (exact) mass is 263 g/mol. The zero-order chi connectivity index (χ0) is 13.4. The van der Waals surface area contributed by atoms with Crippen molar-refractivity contribution in [2.24, 2.45) is 0 Å². The van der Waals surface area contributed by atoms with Crippen molar-refractivity contribution in [2.45, 2.75) is 18.6 Å². The Balaban J connectivity index is 2.58. The van der Waals surface area contributed by atoms with Gasteiger partial charge in [-0.1, -0.05) is 30.3 Å². The highest BCUT2D eigenvalue weighted by atomic mass is 19.4. The minimum absolute atomic E-state index is 0.192. The first-order chi connectivity index (χ1) is 8.53. The number of alkyl halides is 3. The molecule has 0 aliphatic rings. The first-order valence-corrected chi connectivity index (χ1v) is 5.51. The highest BCUT2D eigenvalue weighted by Crippen LogP contribution is 2.29. The van der Waals surface area contributed by atoms with Gasteiger partial charge in [0.25, 0.3) is 0 Å². The Bertz CT molecular complexity index is 330. The van der Waals surface area contributed by atoms with Crippen molar-refractivity contribution in [3.05, 3.63) is 35.9 Å². The van der Waals surface area contributed by atoms with Crippen LogP contribution in [0.1, 0.15) is 18.0 Å². The fraction of sp³-hybridized carbons (Fsp3) is 0.500. The third kappa shape index (κ3) is 6.00. The van der Waals surface area contributed by atoms with Crippen molar-refractivity contribution < 1.29 is 22.7 Å². The summed E-state index contributed by atoms with van der Waals surface area (Å²) in [6.45, 7) is 0.512. The molecule has 0 fully saturated rings. The molecule has 0 aromatic heterocycles. The number of halogens is 3. The lowest BCUT2D eigenvalue weighted by atomic mass is 10.0. The van der Waals surface area contributed by atoms with E-state index in [1.54, 1.807) is 30.3 Å². The van der Waals surface area contributed by atoms with Gasteiger partial charge in [0, 0.05) is 7.11 Å². The van der Waals surface area contributed by atoms with Gasteiger partial charge in [-0.3, -0.25) is 4.84 Å². The summed E-state index contributed by atoms with van der Waals surface area (Å²) >= 11 is 0. The van der Waals surface area contributed by atoms with E-state index in [4.69, 9.17) is 9.57 Å². The Labute approximate surface area is 104 Å². The van der Waals surface area contributed by atoms with Gasteiger partial charge in [-0.2, -0.15) is 18.7 Å². The Kier molecular flexibility index (Phi) is 6.11. The Morgan fingerprint density at radius 2 is 1.83 bits per heavy atom. The van der Waals surface area contributed by atoms with Gasteiger partial charge in [0.15, 0.2) is 0 Å². The number of methoxy groups -OCH3 is 1. The number of hydrogen-bond donors (Lipinski definition) is 1. The lowest BCUT2D eigenvalue weighted by Crippen LogP contribution is -2.28. The van der Waals surface area contributed by atoms with Crippen LogP contribution >= 0.6 is 0 Å². The molecule has 1 aromatic carbocycles. The second kappa shape index (κ2) is 7.35. The molecule has 3 nitrogen and oxygen atoms in total. The topological polar surface area (TPSA) is 30.5 Å². The van der Waals surface area contributed by atoms with Gasteiger partial charge in [-0.15, -0.1) is 0 Å². The molecule has 0 aliphatic carbocycles. The minimum Gasteiger partial charge on any atom is -0.382 e. The van der Waals surface area contributed by atoms with Crippen LogP contribution in [0.4, 0.5) is 13.2 Å². The fourth-order valence-electron chi connectivity index (χ4n) is 1.43. The van der Waals surface area contributed by atoms with Crippen LogP contribution in [0.3, 0.4) is 0 Å². The molecule has 6 heteroatoms. The molecule has 0 saturated heterocycles. The quantitative estimate of drug-likeness (QED) is 0.606. The molecule has 1 aromatic rings. The van der Waals surface area contributed by atoms with Crippen molar-refractivity contribution in [2.75, 3.05) is 20.3 Å². The van der Waals surface area contributed by atoms with E-state index in [1.807, 2.05) is 0 Å². The summed E-state index contributed by atoms with van der Waals surface area (Å²) < 4.78 is 42.1. The number of benzene rings is 1. The Hall–Kier alpha value is -1.11. The summed E-state index contributed by atoms with van der Waals surface area (Å²) in [6.07, 6.45) is -5.23. The molecule has 1 atom stereocenters. The SMILES string of the molecule is COCCONC(CC(F)(F)F)c1ccccc1. The van der Waals surface area contributed by atoms with Gasteiger partial charge in [0.2, 0.25) is 0 Å². The molecular formula is C12H16F3NO2. The highest BCUT2D eigenvalue weighted by molar-refractivity contribution is 5.18. The normalized spacial score (nSPS) is 13.6. The summed E-state index contributed by atoms with van der Waals surface area (Å²) in [5.41, 5.74) is 2.96. The summed E-state index contributed by atoms with van der Waals surface area (Å²) in [5, 5.41) is 0. The van der Waals surface area contributed by atoms with Crippen LogP contribution in [0.5, 0.6) is 0 Å². The number of nitrogens with one attached hydrogen (secondary N) is 1. The average molecular weight is 263 g/mol. The third-order valence-corrected chi connectivity index (χ3v) is 2.25. The van der Waals surface area contributed by atoms with Crippen LogP contribution in [0.2, 0.25) is 0 Å². The van der Waals surface area contributed by atoms with Gasteiger partial charge < -0.3 is 4.74 Å². The maximum Gasteiger partial charge on any atom is 0.391 e. The van der Waals surface area contributed by atoms with Crippen molar-refractivity contribution >= 4 is 0 Å². The molecule has 0 bridgehead atoms. The van der Waals surface area contributed by atoms with E-state index < -0.39 is 18.6 Å². The number of hydroxylamine groups is 1. The first-order valence-electron chi connectivity index (χ1n) is 5.51. The van der Waals surface area contributed by atoms with Gasteiger partial charge >= 0.3 is 6.18 Å². The van der Waals surface area contributed by atoms with E-state index in [1.165, 1.54) is 7.11 Å². The van der Waals surface area contributed by atoms with Crippen LogP contribution in [-0.4, -0.2) is 26.5 Å². The predicted molar refractivity (Wildman–Crippen MR) is 60.8 cm³/mol. The molecule has 18 heavy (non-hydrogen) atoms. The Morgan fingerprint density at radius 1 is 1.17 bits per heavy atom. The van der Waals surface area contributed by atoms with Crippen molar-refractivity contribution in [3.63, 3.8) is 0 Å². The van der Waals surface area contributed by atoms with Crippen molar-refractivity contribution in [1.29, 1.82) is 0 Å². The zero-order valence-corrected chi connectivity index (χ0v) is 10.0. The molecular weight excluding hydrogens is 247 g/mol. The van der Waals surface area contributed by atoms with E-state index >= 15 is 0 Å². The molecule has 102 valence electrons. The van der Waals surface area contributed by atoms with Crippen LogP contribution in [-0.2, 0) is 9.57 Å². The highest BCUT2D eigenvalue weighted by Gasteiger charge is 2.32. The maximum absolute atomic E-state index is 12.4. The average Bonchev–Trinajstić information content (AvgIpc) is 2.33. The van der Waals surface area contributed by atoms with Crippen LogP contribution < -0.4 is 5.48 Å². The van der Waals surface area contributed by atoms with Crippen molar-refractivity contribution in [1.82, 2.24) is 5.48 Å². The first kappa shape index (κ1) is 14.9. The van der Waals surface area contributed by atoms with Gasteiger partial charge in [0.1, 0.15) is 0 Å². The fourth-order valence-corrected chi connectivity index (χ4v) is 1.43. The predicted octanol–water partition coefficient (Wildman–Crippen LogP) is 2.85. The van der Waals surface area contributed by atoms with Crippen LogP contribution in [0.15, 0.2) is 30.3 Å². The van der Waals surface area contributed by atoms with E-state index in [9.17, 15) is 13.2 Å². The summed E-state index contributed by atoms with van der Waals surface area (Å²) in [6, 6.07) is 7.47. The number of hydrogen-bond acceptors (Lipinski definition) is 3. The lowest BCUT2D eigenvalue weighted by Gasteiger charge is -2.20. The molecule has 0 saturated carbocycles. The second-order valence-corrected chi connectivity index (χ2v) is 3.74. The molecule has 0 radical (unpaired) electrons. The summed E-state index contributed by atoms with van der Waals surface area (Å²) in [4.78, 5) is 4.96. The number of rotatable bonds is 7. The molecule has 1 N–H and O–H groups in total. The molecule has 0 amide bonds. The minimum atomic E-state index is -4.25. The maximum atomic E-state index is 12.4. The van der Waals surface area contributed by atoms with E-state index in [0.29, 0.717) is 12.2 Å². The largest absolute Gasteiger partial charge is 0.391 e. The van der Waals surface area contributed by atoms with Gasteiger partial charge in [-0.05, 0) is 5.56 Å².